The van der Waals surface area contributed by atoms with Crippen LogP contribution in [0.3, 0.4) is 0 Å². The first-order valence-electron chi connectivity index (χ1n) is 7.53. The maximum absolute atomic E-state index is 13.6. The Morgan fingerprint density at radius 1 is 1.39 bits per heavy atom. The van der Waals surface area contributed by atoms with Crippen LogP contribution in [0, 0.1) is 11.6 Å². The Hall–Kier alpha value is -2.02. The number of hydrogen-bond donors (Lipinski definition) is 1. The van der Waals surface area contributed by atoms with E-state index in [2.05, 4.69) is 10.3 Å². The number of rotatable bonds is 5. The Morgan fingerprint density at radius 2 is 2.17 bits per heavy atom. The Morgan fingerprint density at radius 3 is 2.87 bits per heavy atom. The third-order valence-electron chi connectivity index (χ3n) is 3.96. The van der Waals surface area contributed by atoms with Crippen molar-refractivity contribution in [2.45, 2.75) is 25.3 Å². The van der Waals surface area contributed by atoms with Crippen LogP contribution in [0.15, 0.2) is 29.8 Å². The molecule has 1 amide bonds. The molecule has 1 atom stereocenters. The second kappa shape index (κ2) is 7.04. The highest BCUT2D eigenvalue weighted by Crippen LogP contribution is 2.27. The molecule has 0 radical (unpaired) electrons. The van der Waals surface area contributed by atoms with Gasteiger partial charge in [-0.25, -0.2) is 13.8 Å². The van der Waals surface area contributed by atoms with Crippen molar-refractivity contribution < 1.29 is 13.6 Å². The van der Waals surface area contributed by atoms with Gasteiger partial charge in [-0.1, -0.05) is 6.07 Å². The van der Waals surface area contributed by atoms with Crippen LogP contribution in [-0.2, 0) is 11.2 Å². The van der Waals surface area contributed by atoms with E-state index in [1.54, 1.807) is 6.20 Å². The van der Waals surface area contributed by atoms with Crippen molar-refractivity contribution in [3.63, 3.8) is 0 Å². The zero-order chi connectivity index (χ0) is 16.2. The van der Waals surface area contributed by atoms with Gasteiger partial charge in [-0.05, 0) is 31.4 Å². The highest BCUT2D eigenvalue weighted by atomic mass is 32.1. The van der Waals surface area contributed by atoms with Gasteiger partial charge in [0.2, 0.25) is 5.91 Å². The minimum absolute atomic E-state index is 0.0102. The zero-order valence-corrected chi connectivity index (χ0v) is 13.3. The van der Waals surface area contributed by atoms with Crippen LogP contribution in [0.1, 0.15) is 18.4 Å². The first-order valence-corrected chi connectivity index (χ1v) is 8.41. The first-order chi connectivity index (χ1) is 11.2. The van der Waals surface area contributed by atoms with Gasteiger partial charge < -0.3 is 10.2 Å². The minimum atomic E-state index is -0.579. The van der Waals surface area contributed by atoms with Crippen molar-refractivity contribution in [1.29, 1.82) is 0 Å². The maximum atomic E-state index is 13.6. The fourth-order valence-electron chi connectivity index (χ4n) is 2.83. The maximum Gasteiger partial charge on any atom is 0.242 e. The second-order valence-electron chi connectivity index (χ2n) is 5.41. The monoisotopic (exact) mass is 337 g/mol. The van der Waals surface area contributed by atoms with Gasteiger partial charge in [0.15, 0.2) is 5.13 Å². The summed E-state index contributed by atoms with van der Waals surface area (Å²) in [7, 11) is 0. The Bertz CT molecular complexity index is 658. The Balaban J connectivity index is 1.57. The molecular weight excluding hydrogens is 320 g/mol. The molecule has 0 unspecified atom stereocenters. The second-order valence-corrected chi connectivity index (χ2v) is 6.28. The Labute approximate surface area is 137 Å². The van der Waals surface area contributed by atoms with E-state index < -0.39 is 11.6 Å². The van der Waals surface area contributed by atoms with Crippen LogP contribution in [0.25, 0.3) is 0 Å². The molecule has 23 heavy (non-hydrogen) atoms. The Kier molecular flexibility index (Phi) is 4.85. The van der Waals surface area contributed by atoms with Crippen molar-refractivity contribution in [2.24, 2.45) is 0 Å². The van der Waals surface area contributed by atoms with Gasteiger partial charge in [0, 0.05) is 30.2 Å². The van der Waals surface area contributed by atoms with Crippen molar-refractivity contribution >= 4 is 22.4 Å². The molecule has 0 bridgehead atoms. The number of amides is 1. The van der Waals surface area contributed by atoms with E-state index in [1.165, 1.54) is 29.5 Å². The number of carbonyl (C=O) groups is 1. The third kappa shape index (κ3) is 3.50. The standard InChI is InChI=1S/C16H17F2N3OS/c17-12-3-1-4-13(18)11(12)6-7-19-15(22)14-5-2-9-21(14)16-20-8-10-23-16/h1,3-4,8,10,14H,2,5-7,9H2,(H,19,22)/t14-/m1/s1. The van der Waals surface area contributed by atoms with Crippen molar-refractivity contribution in [3.8, 4) is 0 Å². The van der Waals surface area contributed by atoms with Crippen LogP contribution in [0.5, 0.6) is 0 Å². The molecule has 1 aromatic heterocycles. The molecule has 122 valence electrons. The fourth-order valence-corrected chi connectivity index (χ4v) is 3.54. The number of benzene rings is 1. The van der Waals surface area contributed by atoms with Crippen molar-refractivity contribution in [1.82, 2.24) is 10.3 Å². The predicted octanol–water partition coefficient (Wildman–Crippen LogP) is 2.75. The SMILES string of the molecule is O=C(NCCc1c(F)cccc1F)[C@H]1CCCN1c1nccs1. The summed E-state index contributed by atoms with van der Waals surface area (Å²) in [4.78, 5) is 18.6. The molecule has 1 N–H and O–H groups in total. The molecule has 0 saturated carbocycles. The van der Waals surface area contributed by atoms with E-state index in [4.69, 9.17) is 0 Å². The molecule has 1 aliphatic rings. The summed E-state index contributed by atoms with van der Waals surface area (Å²) in [6, 6.07) is 3.52. The minimum Gasteiger partial charge on any atom is -0.354 e. The predicted molar refractivity (Wildman–Crippen MR) is 85.6 cm³/mol. The summed E-state index contributed by atoms with van der Waals surface area (Å²) in [5.74, 6) is -1.27. The summed E-state index contributed by atoms with van der Waals surface area (Å²) in [5.41, 5.74) is 0.0102. The fraction of sp³-hybridized carbons (Fsp3) is 0.375. The van der Waals surface area contributed by atoms with Gasteiger partial charge in [-0.3, -0.25) is 4.79 Å². The lowest BCUT2D eigenvalue weighted by molar-refractivity contribution is -0.122. The lowest BCUT2D eigenvalue weighted by Gasteiger charge is -2.23. The number of aromatic nitrogens is 1. The van der Waals surface area contributed by atoms with Crippen molar-refractivity contribution in [2.75, 3.05) is 18.0 Å². The topological polar surface area (TPSA) is 45.2 Å². The summed E-state index contributed by atoms with van der Waals surface area (Å²) in [6.07, 6.45) is 3.54. The lowest BCUT2D eigenvalue weighted by Crippen LogP contribution is -2.44. The molecule has 1 aliphatic heterocycles. The molecule has 1 aromatic carbocycles. The molecule has 0 aliphatic carbocycles. The molecule has 4 nitrogen and oxygen atoms in total. The smallest absolute Gasteiger partial charge is 0.242 e. The van der Waals surface area contributed by atoms with E-state index in [0.717, 1.165) is 24.5 Å². The summed E-state index contributed by atoms with van der Waals surface area (Å²) in [5, 5.41) is 5.50. The molecule has 3 rings (SSSR count). The van der Waals surface area contributed by atoms with Crippen LogP contribution >= 0.6 is 11.3 Å². The number of anilines is 1. The first kappa shape index (κ1) is 15.9. The molecular formula is C16H17F2N3OS. The van der Waals surface area contributed by atoms with Gasteiger partial charge in [0.1, 0.15) is 17.7 Å². The number of hydrogen-bond acceptors (Lipinski definition) is 4. The molecule has 0 spiro atoms. The van der Waals surface area contributed by atoms with E-state index in [-0.39, 0.29) is 30.5 Å². The van der Waals surface area contributed by atoms with Gasteiger partial charge in [0.25, 0.3) is 0 Å². The molecule has 1 fully saturated rings. The molecule has 2 heterocycles. The van der Waals surface area contributed by atoms with Crippen LogP contribution in [-0.4, -0.2) is 30.0 Å². The van der Waals surface area contributed by atoms with Crippen LogP contribution in [0.2, 0.25) is 0 Å². The normalized spacial score (nSPS) is 17.5. The van der Waals surface area contributed by atoms with E-state index in [9.17, 15) is 13.6 Å². The summed E-state index contributed by atoms with van der Waals surface area (Å²) in [6.45, 7) is 1.01. The number of halogens is 2. The van der Waals surface area contributed by atoms with Gasteiger partial charge >= 0.3 is 0 Å². The van der Waals surface area contributed by atoms with Gasteiger partial charge in [0.05, 0.1) is 0 Å². The van der Waals surface area contributed by atoms with Crippen LogP contribution < -0.4 is 10.2 Å². The number of carbonyl (C=O) groups excluding carboxylic acids is 1. The van der Waals surface area contributed by atoms with E-state index in [1.807, 2.05) is 10.3 Å². The average Bonchev–Trinajstić information content (AvgIpc) is 3.20. The van der Waals surface area contributed by atoms with Gasteiger partial charge in [-0.2, -0.15) is 0 Å². The lowest BCUT2D eigenvalue weighted by atomic mass is 10.1. The zero-order valence-electron chi connectivity index (χ0n) is 12.5. The third-order valence-corrected chi connectivity index (χ3v) is 4.76. The van der Waals surface area contributed by atoms with Gasteiger partial charge in [-0.15, -0.1) is 11.3 Å². The van der Waals surface area contributed by atoms with E-state index >= 15 is 0 Å². The highest BCUT2D eigenvalue weighted by Gasteiger charge is 2.31. The summed E-state index contributed by atoms with van der Waals surface area (Å²) >= 11 is 1.50. The average molecular weight is 337 g/mol. The van der Waals surface area contributed by atoms with Crippen LogP contribution in [0.4, 0.5) is 13.9 Å². The quantitative estimate of drug-likeness (QED) is 0.912. The molecule has 7 heteroatoms. The number of nitrogens with zero attached hydrogens (tertiary/aromatic N) is 2. The largest absolute Gasteiger partial charge is 0.354 e. The van der Waals surface area contributed by atoms with E-state index in [0.29, 0.717) is 0 Å². The number of nitrogens with one attached hydrogen (secondary N) is 1. The summed E-state index contributed by atoms with van der Waals surface area (Å²) < 4.78 is 27.1. The molecule has 2 aromatic rings. The van der Waals surface area contributed by atoms with Crippen molar-refractivity contribution in [3.05, 3.63) is 47.0 Å². The number of thiazole rings is 1. The molecule has 1 saturated heterocycles. The highest BCUT2D eigenvalue weighted by molar-refractivity contribution is 7.13.